The largest absolute Gasteiger partial charge is 2.00 e. The number of amides is 2. The van der Waals surface area contributed by atoms with Crippen LogP contribution < -0.4 is 9.80 Å². The van der Waals surface area contributed by atoms with Crippen LogP contribution >= 0.6 is 55.4 Å². The summed E-state index contributed by atoms with van der Waals surface area (Å²) in [6.07, 6.45) is 3.67. The Morgan fingerprint density at radius 1 is 0.686 bits per heavy atom. The van der Waals surface area contributed by atoms with Gasteiger partial charge in [-0.15, -0.1) is 33.7 Å². The molecule has 0 unspecified atom stereocenters. The number of carbonyl (C=O) groups excluding carboxylic acids is 2. The Morgan fingerprint density at radius 2 is 1.06 bits per heavy atom. The smallest absolute Gasteiger partial charge is 0.752 e. The zero-order valence-corrected chi connectivity index (χ0v) is 36.6. The molecule has 4 aliphatic heterocycles. The van der Waals surface area contributed by atoms with E-state index < -0.39 is 0 Å². The molecule has 0 aliphatic carbocycles. The molecule has 2 aromatic rings. The third kappa shape index (κ3) is 10.9. The maximum Gasteiger partial charge on any atom is 2.00 e. The first-order chi connectivity index (χ1) is 24.2. The van der Waals surface area contributed by atoms with E-state index >= 15 is 0 Å². The predicted octanol–water partition coefficient (Wildman–Crippen LogP) is 4.19. The first kappa shape index (κ1) is 42.4. The van der Waals surface area contributed by atoms with Gasteiger partial charge < -0.3 is 44.5 Å². The van der Waals surface area contributed by atoms with Gasteiger partial charge >= 0.3 is 21.1 Å². The first-order valence-corrected chi connectivity index (χ1v) is 20.6. The van der Waals surface area contributed by atoms with E-state index in [2.05, 4.69) is 62.1 Å². The number of fused-ring (bicyclic) bond motifs is 2. The maximum absolute atomic E-state index is 12.9. The number of thioether (sulfide) groups is 2. The fourth-order valence-electron chi connectivity index (χ4n) is 5.66. The van der Waals surface area contributed by atoms with Crippen LogP contribution in [0.5, 0.6) is 0 Å². The summed E-state index contributed by atoms with van der Waals surface area (Å²) < 4.78 is 13.2. The van der Waals surface area contributed by atoms with Gasteiger partial charge in [-0.2, -0.15) is 10.2 Å². The number of morpholine rings is 2. The molecule has 0 aromatic heterocycles. The van der Waals surface area contributed by atoms with Gasteiger partial charge in [0.15, 0.2) is 11.4 Å². The number of halogens is 2. The summed E-state index contributed by atoms with van der Waals surface area (Å²) >= 11 is 19.8. The molecule has 276 valence electrons. The SMILES string of the molecule is CS/C([S-])=N/N=C1/C(=O)N(CCN2CCOCC2)c2cccc(Br)c21.CS/C([S-])=N/N=C1/C(=O)N(CCN2CCOCC2)c2cccc(Br)c21.[Pt+2]. The first-order valence-electron chi connectivity index (χ1n) is 15.8. The van der Waals surface area contributed by atoms with Crippen molar-refractivity contribution in [2.24, 2.45) is 20.4 Å². The summed E-state index contributed by atoms with van der Waals surface area (Å²) in [7, 11) is 0. The van der Waals surface area contributed by atoms with E-state index in [-0.39, 0.29) is 32.9 Å². The number of hydrogen-bond acceptors (Lipinski definition) is 14. The van der Waals surface area contributed by atoms with Gasteiger partial charge in [-0.1, -0.05) is 44.0 Å². The van der Waals surface area contributed by atoms with Crippen molar-refractivity contribution in [3.8, 4) is 0 Å². The van der Waals surface area contributed by atoms with Crippen LogP contribution in [0.25, 0.3) is 0 Å². The Bertz CT molecular complexity index is 1570. The molecule has 6 rings (SSSR count). The number of anilines is 2. The topological polar surface area (TPSA) is 115 Å². The number of ether oxygens (including phenoxy) is 2. The molecule has 4 aliphatic rings. The number of nitrogens with zero attached hydrogens (tertiary/aromatic N) is 8. The van der Waals surface area contributed by atoms with Crippen LogP contribution in [0.3, 0.4) is 0 Å². The van der Waals surface area contributed by atoms with E-state index in [0.29, 0.717) is 33.3 Å². The van der Waals surface area contributed by atoms with Gasteiger partial charge in [-0.05, 0) is 45.5 Å². The molecular weight excluding hydrogens is 1040 g/mol. The molecule has 0 bridgehead atoms. The van der Waals surface area contributed by atoms with Crippen molar-refractivity contribution >= 4 is 124 Å². The summed E-state index contributed by atoms with van der Waals surface area (Å²) in [6, 6.07) is 11.5. The number of rotatable bonds is 8. The molecule has 19 heteroatoms. The molecule has 51 heavy (non-hydrogen) atoms. The quantitative estimate of drug-likeness (QED) is 0.165. The van der Waals surface area contributed by atoms with E-state index in [0.717, 1.165) is 97.1 Å². The maximum atomic E-state index is 12.9. The summed E-state index contributed by atoms with van der Waals surface area (Å²) in [5.41, 5.74) is 3.94. The predicted molar refractivity (Wildman–Crippen MR) is 217 cm³/mol. The normalized spacial score (nSPS) is 20.0. The Balaban J connectivity index is 0.000000224. The zero-order valence-electron chi connectivity index (χ0n) is 27.9. The van der Waals surface area contributed by atoms with Crippen LogP contribution in [0.2, 0.25) is 0 Å². The van der Waals surface area contributed by atoms with Crippen molar-refractivity contribution in [2.45, 2.75) is 0 Å². The minimum absolute atomic E-state index is 0. The molecular formula is C32H36Br2N8O4PtS4. The molecule has 0 radical (unpaired) electrons. The fraction of sp³-hybridized carbons (Fsp3) is 0.438. The van der Waals surface area contributed by atoms with E-state index in [4.69, 9.17) is 34.7 Å². The second-order valence-corrected chi connectivity index (χ2v) is 15.7. The molecule has 2 fully saturated rings. The van der Waals surface area contributed by atoms with Crippen LogP contribution in [0, 0.1) is 0 Å². The molecule has 4 heterocycles. The van der Waals surface area contributed by atoms with Gasteiger partial charge in [0.25, 0.3) is 11.8 Å². The second-order valence-electron chi connectivity index (χ2n) is 11.1. The monoisotopic (exact) mass is 1080 g/mol. The van der Waals surface area contributed by atoms with Crippen molar-refractivity contribution in [1.82, 2.24) is 9.80 Å². The second kappa shape index (κ2) is 21.0. The van der Waals surface area contributed by atoms with Gasteiger partial charge in [0.2, 0.25) is 0 Å². The number of carbonyl (C=O) groups is 2. The van der Waals surface area contributed by atoms with E-state index in [1.165, 1.54) is 23.5 Å². The van der Waals surface area contributed by atoms with Gasteiger partial charge in [0.05, 0.1) is 37.8 Å². The minimum atomic E-state index is -0.136. The van der Waals surface area contributed by atoms with E-state index in [9.17, 15) is 9.59 Å². The summed E-state index contributed by atoms with van der Waals surface area (Å²) in [5.74, 6) is -0.273. The summed E-state index contributed by atoms with van der Waals surface area (Å²) in [6.45, 7) is 9.36. The standard InChI is InChI=1S/2C16H19BrN4O2S2.Pt/c2*1-25-16(24)19-18-14-13-11(17)3-2-4-12(13)21(15(14)22)6-5-20-7-9-23-10-8-20;/h2*2-4H,5-10H2,1H3,(H,19,24);/q;;+2/p-2/b2*18-14+;. The van der Waals surface area contributed by atoms with Gasteiger partial charge in [0.1, 0.15) is 0 Å². The van der Waals surface area contributed by atoms with Crippen LogP contribution in [0.4, 0.5) is 11.4 Å². The molecule has 2 saturated heterocycles. The molecule has 0 spiro atoms. The zero-order chi connectivity index (χ0) is 35.6. The van der Waals surface area contributed by atoms with Crippen molar-refractivity contribution in [1.29, 1.82) is 0 Å². The fourth-order valence-corrected chi connectivity index (χ4v) is 7.07. The molecule has 12 nitrogen and oxygen atoms in total. The molecule has 2 amide bonds. The molecule has 0 saturated carbocycles. The van der Waals surface area contributed by atoms with Crippen molar-refractivity contribution in [3.05, 3.63) is 56.5 Å². The summed E-state index contributed by atoms with van der Waals surface area (Å²) in [5, 5.41) is 16.3. The van der Waals surface area contributed by atoms with Crippen molar-refractivity contribution in [2.75, 3.05) is 101 Å². The Labute approximate surface area is 349 Å². The van der Waals surface area contributed by atoms with Crippen molar-refractivity contribution in [3.63, 3.8) is 0 Å². The molecule has 0 atom stereocenters. The number of benzene rings is 2. The van der Waals surface area contributed by atoms with Crippen LogP contribution in [-0.4, -0.2) is 133 Å². The average molecular weight is 1080 g/mol. The van der Waals surface area contributed by atoms with E-state index in [1.807, 2.05) is 48.9 Å². The van der Waals surface area contributed by atoms with Gasteiger partial charge in [0, 0.05) is 72.4 Å². The Kier molecular flexibility index (Phi) is 17.4. The minimum Gasteiger partial charge on any atom is -0.752 e. The van der Waals surface area contributed by atoms with E-state index in [1.54, 1.807) is 9.80 Å². The van der Waals surface area contributed by atoms with Crippen molar-refractivity contribution < 1.29 is 40.1 Å². The van der Waals surface area contributed by atoms with Gasteiger partial charge in [-0.3, -0.25) is 19.4 Å². The Morgan fingerprint density at radius 3 is 1.41 bits per heavy atom. The molecule has 0 N–H and O–H groups in total. The van der Waals surface area contributed by atoms with Crippen LogP contribution in [-0.2, 0) is 65.4 Å². The summed E-state index contributed by atoms with van der Waals surface area (Å²) in [4.78, 5) is 34.0. The Hall–Kier alpha value is -1.31. The third-order valence-electron chi connectivity index (χ3n) is 8.23. The van der Waals surface area contributed by atoms with Gasteiger partial charge in [-0.25, -0.2) is 0 Å². The average Bonchev–Trinajstić information content (AvgIpc) is 3.58. The van der Waals surface area contributed by atoms with Crippen LogP contribution in [0.15, 0.2) is 65.7 Å². The third-order valence-corrected chi connectivity index (χ3v) is 11.6. The number of hydrogen-bond donors (Lipinski definition) is 0. The molecule has 2 aromatic carbocycles. The van der Waals surface area contributed by atoms with Crippen LogP contribution in [0.1, 0.15) is 11.1 Å².